The highest BCUT2D eigenvalue weighted by molar-refractivity contribution is 14.0. The third-order valence-electron chi connectivity index (χ3n) is 6.11. The van der Waals surface area contributed by atoms with Crippen LogP contribution in [-0.2, 0) is 5.41 Å². The van der Waals surface area contributed by atoms with Crippen molar-refractivity contribution in [1.29, 1.82) is 0 Å². The second-order valence-corrected chi connectivity index (χ2v) is 9.16. The maximum Gasteiger partial charge on any atom is 0.191 e. The van der Waals surface area contributed by atoms with Gasteiger partial charge in [0.15, 0.2) is 5.96 Å². The Labute approximate surface area is 189 Å². The molecular formula is C21H32BrIN4. The van der Waals surface area contributed by atoms with Crippen LogP contribution in [0.25, 0.3) is 0 Å². The van der Waals surface area contributed by atoms with Crippen molar-refractivity contribution < 1.29 is 0 Å². The van der Waals surface area contributed by atoms with Gasteiger partial charge >= 0.3 is 0 Å². The molecule has 2 saturated carbocycles. The van der Waals surface area contributed by atoms with E-state index in [1.807, 2.05) is 0 Å². The van der Waals surface area contributed by atoms with E-state index in [4.69, 9.17) is 4.99 Å². The standard InChI is InChI=1S/C21H31BrN4.HI/c1-2-23-20(24-13-16-8-11-26(14-16)19-6-7-19)25-15-21(9-10-21)17-4-3-5-18(22)12-17;/h3-5,12,16,19H,2,6-11,13-15H2,1H3,(H2,23,24,25);1H. The SMILES string of the molecule is CCNC(=NCC1(c2cccc(Br)c2)CC1)NCC1CCN(C2CC2)C1.I. The highest BCUT2D eigenvalue weighted by Crippen LogP contribution is 2.48. The summed E-state index contributed by atoms with van der Waals surface area (Å²) in [5, 5.41) is 7.04. The summed E-state index contributed by atoms with van der Waals surface area (Å²) in [4.78, 5) is 7.63. The first-order valence-corrected chi connectivity index (χ1v) is 11.0. The fourth-order valence-corrected chi connectivity index (χ4v) is 4.52. The summed E-state index contributed by atoms with van der Waals surface area (Å²) in [6.07, 6.45) is 6.64. The normalized spacial score (nSPS) is 24.4. The largest absolute Gasteiger partial charge is 0.357 e. The lowest BCUT2D eigenvalue weighted by Crippen LogP contribution is -2.41. The van der Waals surface area contributed by atoms with Crippen molar-refractivity contribution >= 4 is 45.9 Å². The zero-order valence-corrected chi connectivity index (χ0v) is 20.1. The molecule has 3 aliphatic rings. The van der Waals surface area contributed by atoms with Gasteiger partial charge in [-0.2, -0.15) is 0 Å². The summed E-state index contributed by atoms with van der Waals surface area (Å²) < 4.78 is 1.16. The van der Waals surface area contributed by atoms with Crippen molar-refractivity contribution in [3.8, 4) is 0 Å². The molecule has 1 heterocycles. The van der Waals surface area contributed by atoms with Crippen LogP contribution in [0.15, 0.2) is 33.7 Å². The maximum atomic E-state index is 4.95. The highest BCUT2D eigenvalue weighted by atomic mass is 127. The third-order valence-corrected chi connectivity index (χ3v) is 6.61. The van der Waals surface area contributed by atoms with Crippen LogP contribution in [-0.4, -0.2) is 49.6 Å². The average Bonchev–Trinajstić information content (AvgIpc) is 3.57. The predicted molar refractivity (Wildman–Crippen MR) is 127 cm³/mol. The number of hydrogen-bond acceptors (Lipinski definition) is 2. The molecule has 0 radical (unpaired) electrons. The number of benzene rings is 1. The van der Waals surface area contributed by atoms with Crippen LogP contribution in [0.5, 0.6) is 0 Å². The number of halogens is 2. The average molecular weight is 547 g/mol. The number of nitrogens with one attached hydrogen (secondary N) is 2. The summed E-state index contributed by atoms with van der Waals surface area (Å²) in [5.41, 5.74) is 1.67. The van der Waals surface area contributed by atoms with Crippen LogP contribution in [0.4, 0.5) is 0 Å². The first-order chi connectivity index (χ1) is 12.7. The Kier molecular flexibility index (Phi) is 7.47. The molecule has 27 heavy (non-hydrogen) atoms. The molecule has 0 aromatic heterocycles. The lowest BCUT2D eigenvalue weighted by Gasteiger charge is -2.18. The van der Waals surface area contributed by atoms with Crippen LogP contribution >= 0.6 is 39.9 Å². The zero-order chi connectivity index (χ0) is 18.0. The van der Waals surface area contributed by atoms with Gasteiger partial charge in [0.2, 0.25) is 0 Å². The van der Waals surface area contributed by atoms with Crippen LogP contribution in [0.1, 0.15) is 44.6 Å². The minimum atomic E-state index is 0. The number of guanidine groups is 1. The van der Waals surface area contributed by atoms with Crippen molar-refractivity contribution in [2.24, 2.45) is 10.9 Å². The van der Waals surface area contributed by atoms with Crippen molar-refractivity contribution in [3.05, 3.63) is 34.3 Å². The minimum absolute atomic E-state index is 0. The molecular weight excluding hydrogens is 515 g/mol. The second kappa shape index (κ2) is 9.44. The molecule has 1 aromatic rings. The van der Waals surface area contributed by atoms with E-state index in [2.05, 4.69) is 62.7 Å². The lowest BCUT2D eigenvalue weighted by atomic mass is 9.96. The summed E-state index contributed by atoms with van der Waals surface area (Å²) in [7, 11) is 0. The van der Waals surface area contributed by atoms with Gasteiger partial charge in [-0.1, -0.05) is 28.1 Å². The topological polar surface area (TPSA) is 39.7 Å². The molecule has 4 nitrogen and oxygen atoms in total. The fourth-order valence-electron chi connectivity index (χ4n) is 4.12. The predicted octanol–water partition coefficient (Wildman–Crippen LogP) is 4.14. The fraction of sp³-hybridized carbons (Fsp3) is 0.667. The lowest BCUT2D eigenvalue weighted by molar-refractivity contribution is 0.314. The maximum absolute atomic E-state index is 4.95. The van der Waals surface area contributed by atoms with E-state index < -0.39 is 0 Å². The van der Waals surface area contributed by atoms with E-state index in [9.17, 15) is 0 Å². The van der Waals surface area contributed by atoms with Crippen LogP contribution in [0, 0.1) is 5.92 Å². The molecule has 150 valence electrons. The number of likely N-dealkylation sites (tertiary alicyclic amines) is 1. The number of nitrogens with zero attached hydrogens (tertiary/aromatic N) is 2. The second-order valence-electron chi connectivity index (χ2n) is 8.25. The molecule has 0 amide bonds. The first kappa shape index (κ1) is 21.4. The van der Waals surface area contributed by atoms with E-state index in [1.165, 1.54) is 50.8 Å². The monoisotopic (exact) mass is 546 g/mol. The molecule has 1 aliphatic heterocycles. The molecule has 0 bridgehead atoms. The van der Waals surface area contributed by atoms with Gasteiger partial charge in [-0.15, -0.1) is 24.0 Å². The quantitative estimate of drug-likeness (QED) is 0.307. The minimum Gasteiger partial charge on any atom is -0.357 e. The van der Waals surface area contributed by atoms with Crippen molar-refractivity contribution in [2.75, 3.05) is 32.7 Å². The van der Waals surface area contributed by atoms with E-state index in [1.54, 1.807) is 0 Å². The van der Waals surface area contributed by atoms with Crippen LogP contribution < -0.4 is 10.6 Å². The molecule has 0 spiro atoms. The van der Waals surface area contributed by atoms with Gasteiger partial charge in [0.1, 0.15) is 0 Å². The summed E-state index contributed by atoms with van der Waals surface area (Å²) in [6.45, 7) is 7.52. The summed E-state index contributed by atoms with van der Waals surface area (Å²) in [6, 6.07) is 9.65. The molecule has 3 fully saturated rings. The molecule has 1 unspecified atom stereocenters. The van der Waals surface area contributed by atoms with E-state index in [0.717, 1.165) is 42.0 Å². The van der Waals surface area contributed by atoms with E-state index in [-0.39, 0.29) is 29.4 Å². The van der Waals surface area contributed by atoms with Gasteiger partial charge in [-0.05, 0) is 69.2 Å². The number of hydrogen-bond donors (Lipinski definition) is 2. The molecule has 1 aromatic carbocycles. The molecule has 2 N–H and O–H groups in total. The van der Waals surface area contributed by atoms with Gasteiger partial charge in [-0.25, -0.2) is 0 Å². The van der Waals surface area contributed by atoms with Crippen LogP contribution in [0.2, 0.25) is 0 Å². The van der Waals surface area contributed by atoms with Crippen molar-refractivity contribution in [2.45, 2.75) is 50.5 Å². The third kappa shape index (κ3) is 5.60. The van der Waals surface area contributed by atoms with E-state index >= 15 is 0 Å². The van der Waals surface area contributed by atoms with Gasteiger partial charge in [-0.3, -0.25) is 4.99 Å². The first-order valence-electron chi connectivity index (χ1n) is 10.2. The summed E-state index contributed by atoms with van der Waals surface area (Å²) in [5.74, 6) is 1.75. The molecule has 2 aliphatic carbocycles. The van der Waals surface area contributed by atoms with Gasteiger partial charge < -0.3 is 15.5 Å². The van der Waals surface area contributed by atoms with Crippen molar-refractivity contribution in [1.82, 2.24) is 15.5 Å². The number of rotatable bonds is 7. The molecule has 1 saturated heterocycles. The van der Waals surface area contributed by atoms with Gasteiger partial charge in [0.05, 0.1) is 6.54 Å². The smallest absolute Gasteiger partial charge is 0.191 e. The Morgan fingerprint density at radius 3 is 2.74 bits per heavy atom. The Balaban J connectivity index is 0.00000210. The van der Waals surface area contributed by atoms with Gasteiger partial charge in [0.25, 0.3) is 0 Å². The Morgan fingerprint density at radius 1 is 1.26 bits per heavy atom. The molecule has 1 atom stereocenters. The van der Waals surface area contributed by atoms with E-state index in [0.29, 0.717) is 0 Å². The summed E-state index contributed by atoms with van der Waals surface area (Å²) >= 11 is 3.60. The molecule has 6 heteroatoms. The van der Waals surface area contributed by atoms with Crippen LogP contribution in [0.3, 0.4) is 0 Å². The zero-order valence-electron chi connectivity index (χ0n) is 16.2. The Bertz CT molecular complexity index is 657. The molecule has 4 rings (SSSR count). The van der Waals surface area contributed by atoms with Crippen molar-refractivity contribution in [3.63, 3.8) is 0 Å². The Hall–Kier alpha value is -0.340. The Morgan fingerprint density at radius 2 is 2.07 bits per heavy atom. The van der Waals surface area contributed by atoms with Gasteiger partial charge in [0, 0.05) is 35.6 Å². The highest BCUT2D eigenvalue weighted by Gasteiger charge is 2.44. The number of aliphatic imine (C=N–C) groups is 1.